The molecule has 0 saturated carbocycles. The Morgan fingerprint density at radius 2 is 0.631 bits per heavy atom. The molecule has 19 N–H and O–H groups in total. The number of para-hydroxylation sites is 1. The van der Waals surface area contributed by atoms with Gasteiger partial charge in [0.05, 0.1) is 151 Å². The largest absolute Gasteiger partial charge is 0.368 e. The van der Waals surface area contributed by atoms with Gasteiger partial charge < -0.3 is 113 Å². The van der Waals surface area contributed by atoms with Crippen molar-refractivity contribution in [1.82, 2.24) is 79.4 Å². The van der Waals surface area contributed by atoms with Gasteiger partial charge in [0.15, 0.2) is 0 Å². The summed E-state index contributed by atoms with van der Waals surface area (Å²) >= 11 is 0. The van der Waals surface area contributed by atoms with E-state index in [9.17, 15) is 43.2 Å². The minimum absolute atomic E-state index is 0.0106. The molecule has 15 atom stereocenters. The van der Waals surface area contributed by atoms with Gasteiger partial charge in [-0.3, -0.25) is 71.9 Å². The molecule has 0 saturated heterocycles. The van der Waals surface area contributed by atoms with Crippen LogP contribution in [0.4, 0.5) is 0 Å². The van der Waals surface area contributed by atoms with Crippen LogP contribution in [-0.4, -0.2) is 346 Å². The van der Waals surface area contributed by atoms with Crippen molar-refractivity contribution < 1.29 is 94.3 Å². The second-order valence-corrected chi connectivity index (χ2v) is 46.1. The van der Waals surface area contributed by atoms with Crippen LogP contribution < -0.4 is 85.9 Å². The number of rotatable bonds is 68. The maximum Gasteiger partial charge on any atom is 0.243 e. The summed E-state index contributed by atoms with van der Waals surface area (Å²) in [6.07, 6.45) is 9.50. The van der Waals surface area contributed by atoms with Crippen LogP contribution in [0.15, 0.2) is 60.8 Å². The van der Waals surface area contributed by atoms with Crippen molar-refractivity contribution in [3.63, 3.8) is 0 Å². The molecule has 0 aliphatic carbocycles. The zero-order valence-electron chi connectivity index (χ0n) is 90.9. The van der Waals surface area contributed by atoms with Crippen molar-refractivity contribution in [3.05, 3.63) is 71.9 Å². The Bertz CT molecular complexity index is 4450. The van der Waals surface area contributed by atoms with Crippen molar-refractivity contribution in [2.24, 2.45) is 47.0 Å². The third kappa shape index (κ3) is 50.5. The first-order valence-corrected chi connectivity index (χ1v) is 51.3. The predicted octanol–water partition coefficient (Wildman–Crippen LogP) is 4.08. The van der Waals surface area contributed by atoms with E-state index in [4.69, 9.17) is 11.5 Å². The highest BCUT2D eigenvalue weighted by Gasteiger charge is 2.40. The summed E-state index contributed by atoms with van der Waals surface area (Å²) in [5.41, 5.74) is 14.4. The molecule has 1 aromatic heterocycles. The molecule has 0 aliphatic rings. The standard InChI is InChI=1S/C104H182N22O15/c1-29-71(12)90(102(139)108-65-87(127)109-72(13)92(129)119-88(69(8)9)104(141)118-84(61-68(6)7)98(135)113-80(52-38-43-57-125(23,24)25)96(133)120-89(70(10)11)103(140)114-82(91(106)128)59-66(2)3)121-97(134)81(53-39-44-58-126(26,27)28)110-94(131)78(50-36-41-55-123(17,18)19)111-100(137)85(62-73-45-31-30-32-46-73)117-99(136)83(60-67(4)5)116-95(132)79(51-37-42-56-124(20,21)22)112-101(138)86(63-74-64-107-77-49-34-33-47-75(74)77)115-93(130)76(105)48-35-40-54-122(14,15)16/h30-34,45-47,49,64,66-72,76,78-86,88-90,107H,29,35-44,48,50-63,65,105H2,1-28H3,(H11-5,106,108,109,110,111,112,113,114,115,116,117,118,119,120,121,127,128,129,130,131,132,133,134,135,136,137,138,139,140,141)/p+5/t71-,72-,76-,78-,79-,80-,81-,82-,83-,84-,85-,86-,88-,89-,90-/m0/s1. The highest BCUT2D eigenvalue weighted by atomic mass is 16.2. The fourth-order valence-electron chi connectivity index (χ4n) is 16.4. The highest BCUT2D eigenvalue weighted by molar-refractivity contribution is 6.01. The lowest BCUT2D eigenvalue weighted by Crippen LogP contribution is -2.61. The molecule has 1 heterocycles. The summed E-state index contributed by atoms with van der Waals surface area (Å²) in [5, 5.41) is 40.6. The van der Waals surface area contributed by atoms with Crippen molar-refractivity contribution in [1.29, 1.82) is 0 Å². The number of H-pyrrole nitrogens is 1. The third-order valence-corrected chi connectivity index (χ3v) is 24.9. The molecule has 0 aliphatic heterocycles. The van der Waals surface area contributed by atoms with E-state index in [0.717, 1.165) is 47.0 Å². The molecule has 37 heteroatoms. The zero-order valence-corrected chi connectivity index (χ0v) is 90.9. The lowest BCUT2D eigenvalue weighted by Gasteiger charge is -2.30. The monoisotopic (exact) mass is 1980 g/mol. The van der Waals surface area contributed by atoms with E-state index >= 15 is 28.8 Å². The molecule has 15 amide bonds. The Morgan fingerprint density at radius 1 is 0.319 bits per heavy atom. The lowest BCUT2D eigenvalue weighted by molar-refractivity contribution is -0.870. The molecule has 0 spiro atoms. The minimum Gasteiger partial charge on any atom is -0.368 e. The number of nitrogens with zero attached hydrogens (tertiary/aromatic N) is 5. The molecular weight excluding hydrogens is 1800 g/mol. The molecule has 0 radical (unpaired) electrons. The van der Waals surface area contributed by atoms with Gasteiger partial charge in [0.2, 0.25) is 88.6 Å². The number of nitrogens with two attached hydrogens (primary N) is 2. The number of unbranched alkanes of at least 4 members (excludes halogenated alkanes) is 5. The summed E-state index contributed by atoms with van der Waals surface area (Å²) in [6.45, 7) is 26.1. The predicted molar refractivity (Wildman–Crippen MR) is 554 cm³/mol. The van der Waals surface area contributed by atoms with Crippen LogP contribution in [0.25, 0.3) is 10.9 Å². The average molecular weight is 1990 g/mol. The number of carbonyl (C=O) groups excluding carboxylic acids is 15. The number of aromatic amines is 1. The Morgan fingerprint density at radius 3 is 1.01 bits per heavy atom. The second kappa shape index (κ2) is 60.4. The van der Waals surface area contributed by atoms with Gasteiger partial charge in [-0.2, -0.15) is 0 Å². The molecule has 141 heavy (non-hydrogen) atoms. The van der Waals surface area contributed by atoms with Crippen LogP contribution in [0.2, 0.25) is 0 Å². The normalized spacial score (nSPS) is 15.4. The van der Waals surface area contributed by atoms with Gasteiger partial charge >= 0.3 is 0 Å². The molecule has 0 fully saturated rings. The maximum atomic E-state index is 15.5. The number of benzene rings is 2. The van der Waals surface area contributed by atoms with Crippen molar-refractivity contribution in [2.75, 3.05) is 145 Å². The Hall–Kier alpha value is -10.2. The number of hydrogen-bond donors (Lipinski definition) is 17. The van der Waals surface area contributed by atoms with Gasteiger partial charge in [0, 0.05) is 29.9 Å². The van der Waals surface area contributed by atoms with Crippen LogP contribution in [0.1, 0.15) is 223 Å². The topological polar surface area (TPSA) is 492 Å². The van der Waals surface area contributed by atoms with E-state index in [1.807, 2.05) is 142 Å². The number of primary amides is 1. The highest BCUT2D eigenvalue weighted by Crippen LogP contribution is 2.23. The molecule has 0 bridgehead atoms. The van der Waals surface area contributed by atoms with Gasteiger partial charge in [0.25, 0.3) is 0 Å². The summed E-state index contributed by atoms with van der Waals surface area (Å²) in [5.74, 6) is -12.5. The fourth-order valence-corrected chi connectivity index (χ4v) is 16.4. The summed E-state index contributed by atoms with van der Waals surface area (Å²) in [7, 11) is 30.7. The van der Waals surface area contributed by atoms with E-state index in [0.29, 0.717) is 107 Å². The first-order chi connectivity index (χ1) is 65.5. The summed E-state index contributed by atoms with van der Waals surface area (Å²) in [4.78, 5) is 221. The molecule has 2 aromatic carbocycles. The molecule has 37 nitrogen and oxygen atoms in total. The smallest absolute Gasteiger partial charge is 0.243 e. The second-order valence-electron chi connectivity index (χ2n) is 46.1. The molecular formula is C104H187N22O15+5. The molecule has 798 valence electrons. The summed E-state index contributed by atoms with van der Waals surface area (Å²) in [6, 6.07) is -0.306. The minimum atomic E-state index is -1.36. The lowest BCUT2D eigenvalue weighted by atomic mass is 9.97. The first-order valence-electron chi connectivity index (χ1n) is 51.3. The number of quaternary nitrogens is 5. The number of fused-ring (bicyclic) bond motifs is 1. The number of hydrogen-bond acceptors (Lipinski definition) is 16. The van der Waals surface area contributed by atoms with Gasteiger partial charge in [-0.25, -0.2) is 0 Å². The maximum absolute atomic E-state index is 15.5. The quantitative estimate of drug-likeness (QED) is 0.0280. The van der Waals surface area contributed by atoms with Gasteiger partial charge in [-0.05, 0) is 175 Å². The Labute approximate surface area is 842 Å². The molecule has 3 aromatic rings. The van der Waals surface area contributed by atoms with E-state index in [2.05, 4.69) is 122 Å². The Kier molecular flexibility index (Phi) is 53.5. The fraction of sp³-hybridized carbons (Fsp3) is 0.721. The van der Waals surface area contributed by atoms with Gasteiger partial charge in [0.1, 0.15) is 78.5 Å². The zero-order chi connectivity index (χ0) is 107. The van der Waals surface area contributed by atoms with Crippen LogP contribution in [0.3, 0.4) is 0 Å². The third-order valence-electron chi connectivity index (χ3n) is 24.9. The van der Waals surface area contributed by atoms with Crippen LogP contribution in [-0.2, 0) is 84.8 Å². The number of carbonyl (C=O) groups is 15. The molecule has 3 rings (SSSR count). The van der Waals surface area contributed by atoms with Crippen LogP contribution in [0, 0.1) is 35.5 Å². The summed E-state index contributed by atoms with van der Waals surface area (Å²) < 4.78 is 3.22. The van der Waals surface area contributed by atoms with E-state index in [-0.39, 0.29) is 75.5 Å². The van der Waals surface area contributed by atoms with Crippen molar-refractivity contribution in [3.8, 4) is 0 Å². The SMILES string of the molecule is CC[C@H](C)[C@H](NC(=O)[C@H](CCCC[N+](C)(C)C)NC(=O)[C@H](CCCC[N+](C)(C)C)NC(=O)[C@H](Cc1ccccc1)NC(=O)[C@H](CC(C)C)NC(=O)[C@H](CCCC[N+](C)(C)C)NC(=O)[C@H](Cc1c[nH]c2ccccc12)NC(=O)[C@@H](N)CCCC[N+](C)(C)C)C(=O)NCC(=O)N[C@@H](C)C(=O)N[C@H](C(=O)N[C@@H](CC(C)C)C(=O)N[C@@H](CCCC[N+](C)(C)C)C(=O)N[C@H](C(=O)N[C@@H](CC(C)C)C(N)=O)C(C)C)C(C)C. The van der Waals surface area contributed by atoms with Gasteiger partial charge in [-0.1, -0.05) is 138 Å². The number of aromatic nitrogens is 1. The number of amides is 15. The van der Waals surface area contributed by atoms with E-state index in [1.54, 1.807) is 65.1 Å². The average Bonchev–Trinajstić information content (AvgIpc) is 1.67. The molecule has 0 unspecified atom stereocenters. The number of nitrogens with one attached hydrogen (secondary N) is 15. The van der Waals surface area contributed by atoms with Crippen LogP contribution in [0.5, 0.6) is 0 Å². The van der Waals surface area contributed by atoms with Crippen molar-refractivity contribution >= 4 is 99.5 Å². The van der Waals surface area contributed by atoms with Crippen molar-refractivity contribution in [2.45, 2.75) is 309 Å². The van der Waals surface area contributed by atoms with E-state index < -0.39 is 197 Å². The first kappa shape index (κ1) is 125. The van der Waals surface area contributed by atoms with E-state index in [1.165, 1.54) is 6.92 Å². The Balaban J connectivity index is 2.00. The van der Waals surface area contributed by atoms with Gasteiger partial charge in [-0.15, -0.1) is 0 Å². The van der Waals surface area contributed by atoms with Crippen LogP contribution >= 0.6 is 0 Å².